The van der Waals surface area contributed by atoms with Gasteiger partial charge in [0, 0.05) is 5.92 Å². The summed E-state index contributed by atoms with van der Waals surface area (Å²) >= 11 is 0. The summed E-state index contributed by atoms with van der Waals surface area (Å²) in [6, 6.07) is 39.5. The summed E-state index contributed by atoms with van der Waals surface area (Å²) in [4.78, 5) is 0. The van der Waals surface area contributed by atoms with Gasteiger partial charge in [0.05, 0.1) is 19.0 Å². The van der Waals surface area contributed by atoms with E-state index in [0.717, 1.165) is 27.0 Å². The van der Waals surface area contributed by atoms with Crippen molar-refractivity contribution in [1.29, 1.82) is 0 Å². The molecule has 4 unspecified atom stereocenters. The minimum atomic E-state index is -3.86. The van der Waals surface area contributed by atoms with Gasteiger partial charge in [-0.05, 0) is 37.2 Å². The minimum absolute atomic E-state index is 0.140. The highest BCUT2D eigenvalue weighted by Crippen LogP contribution is 2.53. The number of rotatable bonds is 12. The Balaban J connectivity index is 1.48. The molecule has 4 aromatic carbocycles. The van der Waals surface area contributed by atoms with E-state index in [2.05, 4.69) is 65.8 Å². The predicted octanol–water partition coefficient (Wildman–Crippen LogP) is 6.28. The Labute approximate surface area is 309 Å². The lowest BCUT2D eigenvalue weighted by Gasteiger charge is -2.46. The Kier molecular flexibility index (Phi) is 10.6. The average molecular weight is 765 g/mol. The van der Waals surface area contributed by atoms with Crippen molar-refractivity contribution in [1.82, 2.24) is 0 Å². The van der Waals surface area contributed by atoms with Gasteiger partial charge >= 0.3 is 5.92 Å². The van der Waals surface area contributed by atoms with Crippen molar-refractivity contribution < 1.29 is 35.0 Å². The fourth-order valence-corrected chi connectivity index (χ4v) is 18.1. The van der Waals surface area contributed by atoms with Gasteiger partial charge in [-0.15, -0.1) is 0 Å². The molecule has 0 amide bonds. The second kappa shape index (κ2) is 14.3. The molecule has 0 N–H and O–H groups in total. The highest BCUT2D eigenvalue weighted by molar-refractivity contribution is 7.86. The van der Waals surface area contributed by atoms with Crippen molar-refractivity contribution in [3.8, 4) is 0 Å². The van der Waals surface area contributed by atoms with E-state index in [1.807, 2.05) is 97.1 Å². The van der Waals surface area contributed by atoms with E-state index in [4.69, 9.17) is 17.8 Å². The zero-order chi connectivity index (χ0) is 37.6. The largest absolute Gasteiger partial charge is 0.405 e. The van der Waals surface area contributed by atoms with Crippen LogP contribution in [-0.2, 0) is 27.9 Å². The van der Waals surface area contributed by atoms with Crippen LogP contribution in [0, 0.1) is 5.92 Å². The summed E-state index contributed by atoms with van der Waals surface area (Å²) in [5.74, 6) is -4.33. The zero-order valence-corrected chi connectivity index (χ0v) is 33.8. The summed E-state index contributed by atoms with van der Waals surface area (Å²) in [6.45, 7) is 12.4. The summed E-state index contributed by atoms with van der Waals surface area (Å²) in [5.41, 5.74) is 0. The average Bonchev–Trinajstić information content (AvgIpc) is 3.78. The Morgan fingerprint density at radius 1 is 0.692 bits per heavy atom. The van der Waals surface area contributed by atoms with E-state index in [1.165, 1.54) is 0 Å². The molecule has 278 valence electrons. The number of hydrogen-bond acceptors (Lipinski definition) is 6. The highest BCUT2D eigenvalue weighted by atomic mass is 32.2. The van der Waals surface area contributed by atoms with E-state index in [-0.39, 0.29) is 13.0 Å². The Morgan fingerprint density at radius 3 is 1.44 bits per heavy atom. The molecule has 1 saturated carbocycles. The third kappa shape index (κ3) is 7.25. The lowest BCUT2D eigenvalue weighted by molar-refractivity contribution is -0.116. The summed E-state index contributed by atoms with van der Waals surface area (Å²) in [5, 5.41) is 2.77. The second-order valence-corrected chi connectivity index (χ2v) is 26.3. The Bertz CT molecular complexity index is 1820. The molecule has 4 aromatic rings. The number of benzene rings is 4. The summed E-state index contributed by atoms with van der Waals surface area (Å²) < 4.78 is 84.9. The van der Waals surface area contributed by atoms with Gasteiger partial charge in [-0.3, -0.25) is 4.18 Å². The van der Waals surface area contributed by atoms with Crippen molar-refractivity contribution in [2.75, 3.05) is 12.9 Å². The first kappa shape index (κ1) is 38.7. The van der Waals surface area contributed by atoms with E-state index in [1.54, 1.807) is 0 Å². The molecule has 1 heterocycles. The van der Waals surface area contributed by atoms with Gasteiger partial charge in [-0.25, -0.2) is 8.78 Å². The van der Waals surface area contributed by atoms with Crippen molar-refractivity contribution in [3.63, 3.8) is 0 Å². The maximum Gasteiger partial charge on any atom is 0.301 e. The lowest BCUT2D eigenvalue weighted by Crippen LogP contribution is -2.70. The van der Waals surface area contributed by atoms with Gasteiger partial charge in [0.25, 0.3) is 26.8 Å². The maximum atomic E-state index is 17.4. The highest BCUT2D eigenvalue weighted by Gasteiger charge is 2.69. The monoisotopic (exact) mass is 764 g/mol. The molecule has 1 aliphatic carbocycles. The molecule has 0 bridgehead atoms. The van der Waals surface area contributed by atoms with E-state index in [0.29, 0.717) is 0 Å². The first-order valence-electron chi connectivity index (χ1n) is 17.9. The Morgan fingerprint density at radius 2 is 1.08 bits per heavy atom. The molecule has 2 fully saturated rings. The fourth-order valence-electron chi connectivity index (χ4n) is 8.12. The molecule has 5 atom stereocenters. The maximum absolute atomic E-state index is 17.4. The van der Waals surface area contributed by atoms with Crippen LogP contribution < -0.4 is 20.7 Å². The molecule has 11 heteroatoms. The molecule has 1 saturated heterocycles. The normalized spacial score (nSPS) is 23.8. The molecule has 1 aliphatic heterocycles. The molecule has 52 heavy (non-hydrogen) atoms. The van der Waals surface area contributed by atoms with Crippen molar-refractivity contribution >= 4 is 47.5 Å². The van der Waals surface area contributed by atoms with Crippen LogP contribution >= 0.6 is 0 Å². The second-order valence-electron chi connectivity index (χ2n) is 16.2. The number of hydrogen-bond donors (Lipinski definition) is 0. The van der Waals surface area contributed by atoms with Crippen LogP contribution in [0.25, 0.3) is 0 Å². The third-order valence-electron chi connectivity index (χ3n) is 10.5. The zero-order valence-electron chi connectivity index (χ0n) is 31.0. The molecule has 6 nitrogen and oxygen atoms in total. The molecule has 6 rings (SSSR count). The van der Waals surface area contributed by atoms with Crippen LogP contribution in [0.15, 0.2) is 121 Å². The number of halogens is 2. The Hall–Kier alpha value is -3.04. The number of alkyl halides is 2. The van der Waals surface area contributed by atoms with Gasteiger partial charge in [0.15, 0.2) is 0 Å². The van der Waals surface area contributed by atoms with E-state index >= 15 is 8.78 Å². The van der Waals surface area contributed by atoms with Crippen molar-refractivity contribution in [2.24, 2.45) is 5.92 Å². The van der Waals surface area contributed by atoms with Crippen molar-refractivity contribution in [2.45, 2.75) is 88.4 Å². The SMILES string of the molecule is CC(C)(C)[Si](OC[C@H]1OC(C2CC2OS(C)(=O)=O)C(F)(F)C1O[Si](c1ccccc1)(c1ccccc1)C(C)(C)C)(c1ccccc1)c1ccccc1. The van der Waals surface area contributed by atoms with Gasteiger partial charge in [-0.2, -0.15) is 8.42 Å². The smallest absolute Gasteiger partial charge is 0.301 e. The first-order chi connectivity index (χ1) is 24.4. The van der Waals surface area contributed by atoms with E-state index < -0.39 is 73.1 Å². The van der Waals surface area contributed by atoms with E-state index in [9.17, 15) is 8.42 Å². The molecular formula is C41H50F2O6SSi2. The van der Waals surface area contributed by atoms with Gasteiger partial charge in [0.2, 0.25) is 0 Å². The van der Waals surface area contributed by atoms with Crippen LogP contribution in [0.3, 0.4) is 0 Å². The van der Waals surface area contributed by atoms with Crippen LogP contribution in [0.2, 0.25) is 10.1 Å². The van der Waals surface area contributed by atoms with Crippen LogP contribution in [0.4, 0.5) is 8.78 Å². The van der Waals surface area contributed by atoms with Crippen molar-refractivity contribution in [3.05, 3.63) is 121 Å². The molecular weight excluding hydrogens is 715 g/mol. The topological polar surface area (TPSA) is 71.1 Å². The van der Waals surface area contributed by atoms with Crippen LogP contribution in [0.5, 0.6) is 0 Å². The number of ether oxygens (including phenoxy) is 1. The molecule has 0 radical (unpaired) electrons. The van der Waals surface area contributed by atoms with Crippen LogP contribution in [-0.4, -0.2) is 68.3 Å². The third-order valence-corrected chi connectivity index (χ3v) is 21.1. The van der Waals surface area contributed by atoms with Gasteiger partial charge in [-0.1, -0.05) is 163 Å². The summed E-state index contributed by atoms with van der Waals surface area (Å²) in [6.07, 6.45) is -4.33. The predicted molar refractivity (Wildman–Crippen MR) is 207 cm³/mol. The lowest BCUT2D eigenvalue weighted by atomic mass is 10.0. The fraction of sp³-hybridized carbons (Fsp3) is 0.415. The quantitative estimate of drug-likeness (QED) is 0.125. The standard InChI is InChI=1S/C41H50F2O6SSi2/c1-39(2,3)51(30-20-12-8-13-21-30,31-22-14-9-15-23-31)46-29-36-38(41(42,43)37(47-36)34-28-35(34)48-50(7,44)45)49-52(40(4,5)6,32-24-16-10-17-25-32)33-26-18-11-19-27-33/h8-27,34-38H,28-29H2,1-7H3/t34?,35?,36-,37?,38?/m1/s1. The first-order valence-corrected chi connectivity index (χ1v) is 23.5. The van der Waals surface area contributed by atoms with Crippen LogP contribution in [0.1, 0.15) is 48.0 Å². The van der Waals surface area contributed by atoms with Gasteiger partial charge < -0.3 is 13.6 Å². The van der Waals surface area contributed by atoms with Gasteiger partial charge in [0.1, 0.15) is 18.3 Å². The minimum Gasteiger partial charge on any atom is -0.405 e. The summed E-state index contributed by atoms with van der Waals surface area (Å²) in [7, 11) is -10.5. The molecule has 0 aromatic heterocycles. The molecule has 0 spiro atoms. The molecule has 2 aliphatic rings.